The van der Waals surface area contributed by atoms with Gasteiger partial charge in [-0.3, -0.25) is 0 Å². The standard InChI is InChI=1S/C11H18N2S2/c1-12-7-10-8-13-11(15-10)6-9-4-2-3-5-14-9/h8-9,12H,2-7H2,1H3. The average molecular weight is 242 g/mol. The van der Waals surface area contributed by atoms with Crippen LogP contribution in [0.2, 0.25) is 0 Å². The summed E-state index contributed by atoms with van der Waals surface area (Å²) in [5, 5.41) is 5.31. The Balaban J connectivity index is 1.86. The van der Waals surface area contributed by atoms with E-state index in [1.165, 1.54) is 41.3 Å². The van der Waals surface area contributed by atoms with Crippen molar-refractivity contribution in [3.8, 4) is 0 Å². The van der Waals surface area contributed by atoms with Crippen LogP contribution in [0.3, 0.4) is 0 Å². The molecule has 0 amide bonds. The van der Waals surface area contributed by atoms with Gasteiger partial charge < -0.3 is 5.32 Å². The van der Waals surface area contributed by atoms with Gasteiger partial charge in [0.1, 0.15) is 0 Å². The van der Waals surface area contributed by atoms with Crippen molar-refractivity contribution >= 4 is 23.1 Å². The molecule has 15 heavy (non-hydrogen) atoms. The number of hydrogen-bond acceptors (Lipinski definition) is 4. The third-order valence-electron chi connectivity index (χ3n) is 2.63. The zero-order chi connectivity index (χ0) is 10.5. The van der Waals surface area contributed by atoms with Crippen LogP contribution in [0.4, 0.5) is 0 Å². The molecule has 1 unspecified atom stereocenters. The molecular formula is C11H18N2S2. The summed E-state index contributed by atoms with van der Waals surface area (Å²) in [6, 6.07) is 0. The number of hydrogen-bond donors (Lipinski definition) is 1. The van der Waals surface area contributed by atoms with Crippen molar-refractivity contribution in [2.45, 2.75) is 37.5 Å². The summed E-state index contributed by atoms with van der Waals surface area (Å²) in [5.41, 5.74) is 0. The van der Waals surface area contributed by atoms with Crippen LogP contribution >= 0.6 is 23.1 Å². The SMILES string of the molecule is CNCc1cnc(CC2CCCCS2)s1. The molecule has 0 saturated carbocycles. The van der Waals surface area contributed by atoms with E-state index < -0.39 is 0 Å². The molecule has 1 fully saturated rings. The first-order valence-corrected chi connectivity index (χ1v) is 7.45. The number of nitrogens with one attached hydrogen (secondary N) is 1. The molecule has 2 heterocycles. The fraction of sp³-hybridized carbons (Fsp3) is 0.727. The quantitative estimate of drug-likeness (QED) is 0.879. The highest BCUT2D eigenvalue weighted by Gasteiger charge is 2.15. The molecule has 0 aliphatic carbocycles. The molecule has 2 rings (SSSR count). The number of rotatable bonds is 4. The summed E-state index contributed by atoms with van der Waals surface area (Å²) in [7, 11) is 1.98. The molecule has 4 heteroatoms. The van der Waals surface area contributed by atoms with E-state index in [2.05, 4.69) is 22.1 Å². The van der Waals surface area contributed by atoms with Crippen LogP contribution in [-0.2, 0) is 13.0 Å². The highest BCUT2D eigenvalue weighted by molar-refractivity contribution is 7.99. The molecular weight excluding hydrogens is 224 g/mol. The lowest BCUT2D eigenvalue weighted by Gasteiger charge is -2.19. The fourth-order valence-corrected chi connectivity index (χ4v) is 4.29. The second kappa shape index (κ2) is 5.87. The highest BCUT2D eigenvalue weighted by atomic mass is 32.2. The maximum atomic E-state index is 4.49. The molecule has 0 aromatic carbocycles. The topological polar surface area (TPSA) is 24.9 Å². The van der Waals surface area contributed by atoms with E-state index in [0.717, 1.165) is 11.8 Å². The van der Waals surface area contributed by atoms with Crippen LogP contribution in [-0.4, -0.2) is 23.0 Å². The first-order valence-electron chi connectivity index (χ1n) is 5.58. The van der Waals surface area contributed by atoms with Gasteiger partial charge in [-0.2, -0.15) is 11.8 Å². The van der Waals surface area contributed by atoms with Gasteiger partial charge in [0.2, 0.25) is 0 Å². The smallest absolute Gasteiger partial charge is 0.0939 e. The van der Waals surface area contributed by atoms with Crippen molar-refractivity contribution in [2.75, 3.05) is 12.8 Å². The van der Waals surface area contributed by atoms with Crippen LogP contribution in [0.5, 0.6) is 0 Å². The Morgan fingerprint density at radius 2 is 2.47 bits per heavy atom. The normalized spacial score (nSPS) is 21.8. The summed E-state index contributed by atoms with van der Waals surface area (Å²) in [5.74, 6) is 1.35. The second-order valence-corrected chi connectivity index (χ2v) is 6.55. The number of thioether (sulfide) groups is 1. The number of nitrogens with zero attached hydrogens (tertiary/aromatic N) is 1. The predicted molar refractivity (Wildman–Crippen MR) is 68.7 cm³/mol. The van der Waals surface area contributed by atoms with Gasteiger partial charge in [-0.15, -0.1) is 11.3 Å². The largest absolute Gasteiger partial charge is 0.315 e. The van der Waals surface area contributed by atoms with Crippen LogP contribution in [0, 0.1) is 0 Å². The van der Waals surface area contributed by atoms with E-state index >= 15 is 0 Å². The highest BCUT2D eigenvalue weighted by Crippen LogP contribution is 2.28. The first-order chi connectivity index (χ1) is 7.38. The lowest BCUT2D eigenvalue weighted by molar-refractivity contribution is 0.659. The Labute approximate surface area is 99.9 Å². The molecule has 0 bridgehead atoms. The second-order valence-electron chi connectivity index (χ2n) is 3.94. The van der Waals surface area contributed by atoms with Crippen molar-refractivity contribution in [1.29, 1.82) is 0 Å². The van der Waals surface area contributed by atoms with Crippen molar-refractivity contribution in [3.63, 3.8) is 0 Å². The molecule has 2 nitrogen and oxygen atoms in total. The van der Waals surface area contributed by atoms with Gasteiger partial charge in [0.05, 0.1) is 5.01 Å². The molecule has 1 N–H and O–H groups in total. The van der Waals surface area contributed by atoms with Crippen LogP contribution < -0.4 is 5.32 Å². The monoisotopic (exact) mass is 242 g/mol. The molecule has 84 valence electrons. The third-order valence-corrected chi connectivity index (χ3v) is 5.05. The molecule has 1 aliphatic rings. The molecule has 1 aliphatic heterocycles. The lowest BCUT2D eigenvalue weighted by Crippen LogP contribution is -2.12. The van der Waals surface area contributed by atoms with Crippen LogP contribution in [0.25, 0.3) is 0 Å². The summed E-state index contributed by atoms with van der Waals surface area (Å²) < 4.78 is 0. The number of thiazole rings is 1. The first kappa shape index (κ1) is 11.4. The van der Waals surface area contributed by atoms with Gasteiger partial charge >= 0.3 is 0 Å². The van der Waals surface area contributed by atoms with Crippen molar-refractivity contribution in [3.05, 3.63) is 16.1 Å². The minimum Gasteiger partial charge on any atom is -0.315 e. The van der Waals surface area contributed by atoms with Crippen molar-refractivity contribution in [1.82, 2.24) is 10.3 Å². The lowest BCUT2D eigenvalue weighted by atomic mass is 10.1. The van der Waals surface area contributed by atoms with Crippen LogP contribution in [0.1, 0.15) is 29.1 Å². The van der Waals surface area contributed by atoms with E-state index in [-0.39, 0.29) is 0 Å². The maximum Gasteiger partial charge on any atom is 0.0939 e. The van der Waals surface area contributed by atoms with Crippen LogP contribution in [0.15, 0.2) is 6.20 Å². The zero-order valence-electron chi connectivity index (χ0n) is 9.16. The minimum atomic E-state index is 0.826. The summed E-state index contributed by atoms with van der Waals surface area (Å²) in [4.78, 5) is 5.85. The predicted octanol–water partition coefficient (Wildman–Crippen LogP) is 2.69. The summed E-state index contributed by atoms with van der Waals surface area (Å²) >= 11 is 4.00. The van der Waals surface area contributed by atoms with Crippen molar-refractivity contribution in [2.24, 2.45) is 0 Å². The molecule has 1 atom stereocenters. The summed E-state index contributed by atoms with van der Waals surface area (Å²) in [6.45, 7) is 0.954. The molecule has 0 spiro atoms. The summed E-state index contributed by atoms with van der Waals surface area (Å²) in [6.07, 6.45) is 7.39. The Bertz CT molecular complexity index is 293. The fourth-order valence-electron chi connectivity index (χ4n) is 1.86. The molecule has 1 aromatic heterocycles. The van der Waals surface area contributed by atoms with Gasteiger partial charge in [-0.1, -0.05) is 6.42 Å². The zero-order valence-corrected chi connectivity index (χ0v) is 10.8. The molecule has 1 aromatic rings. The van der Waals surface area contributed by atoms with Gasteiger partial charge in [0.15, 0.2) is 0 Å². The van der Waals surface area contributed by atoms with E-state index in [1.54, 1.807) is 0 Å². The Morgan fingerprint density at radius 3 is 3.20 bits per heavy atom. The third kappa shape index (κ3) is 3.47. The van der Waals surface area contributed by atoms with Gasteiger partial charge in [0, 0.05) is 29.3 Å². The van der Waals surface area contributed by atoms with E-state index in [9.17, 15) is 0 Å². The average Bonchev–Trinajstić information content (AvgIpc) is 2.68. The minimum absolute atomic E-state index is 0.826. The van der Waals surface area contributed by atoms with E-state index in [4.69, 9.17) is 0 Å². The molecule has 1 saturated heterocycles. The Hall–Kier alpha value is -0.0600. The van der Waals surface area contributed by atoms with Crippen molar-refractivity contribution < 1.29 is 0 Å². The van der Waals surface area contributed by atoms with Gasteiger partial charge in [-0.25, -0.2) is 4.98 Å². The Morgan fingerprint density at radius 1 is 1.53 bits per heavy atom. The van der Waals surface area contributed by atoms with E-state index in [0.29, 0.717) is 0 Å². The Kier molecular flexibility index (Phi) is 4.47. The number of aromatic nitrogens is 1. The van der Waals surface area contributed by atoms with Gasteiger partial charge in [-0.05, 0) is 25.6 Å². The van der Waals surface area contributed by atoms with Gasteiger partial charge in [0.25, 0.3) is 0 Å². The molecule has 0 radical (unpaired) electrons. The van der Waals surface area contributed by atoms with E-state index in [1.807, 2.05) is 24.6 Å². The maximum absolute atomic E-state index is 4.49.